The molecule has 0 spiro atoms. The third kappa shape index (κ3) is 28.8. The number of hydrogen-bond donors (Lipinski definition) is 1. The lowest BCUT2D eigenvalue weighted by Crippen LogP contribution is -2.27. The maximum absolute atomic E-state index is 11.2. The van der Waals surface area contributed by atoms with Crippen LogP contribution >= 0.6 is 0 Å². The fourth-order valence-corrected chi connectivity index (χ4v) is 6.40. The first-order valence-electron chi connectivity index (χ1n) is 19.5. The highest BCUT2D eigenvalue weighted by atomic mass is 16.7. The summed E-state index contributed by atoms with van der Waals surface area (Å²) in [6.07, 6.45) is 37.5. The minimum atomic E-state index is -1.12. The number of unbranched alkanes of at least 4 members (excludes halogenated alkanes) is 18. The summed E-state index contributed by atoms with van der Waals surface area (Å²) in [6, 6.07) is 0. The topological polar surface area (TPSA) is 68.2 Å². The number of allylic oxidation sites excluding steroid dienone is 1. The van der Waals surface area contributed by atoms with Crippen molar-refractivity contribution in [1.29, 1.82) is 0 Å². The zero-order valence-electron chi connectivity index (χ0n) is 30.1. The van der Waals surface area contributed by atoms with Crippen molar-refractivity contribution in [2.24, 2.45) is 0 Å². The number of ether oxygens (including phenoxy) is 3. The Hall–Kier alpha value is -1.11. The molecular weight excluding hydrogens is 562 g/mol. The molecule has 0 aliphatic carbocycles. The lowest BCUT2D eigenvalue weighted by atomic mass is 10.0. The van der Waals surface area contributed by atoms with E-state index in [0.717, 1.165) is 70.8 Å². The lowest BCUT2D eigenvalue weighted by molar-refractivity contribution is -0.188. The molecule has 1 fully saturated rings. The zero-order chi connectivity index (χ0) is 32.6. The van der Waals surface area contributed by atoms with Gasteiger partial charge in [-0.15, -0.1) is 0 Å². The average Bonchev–Trinajstić information content (AvgIpc) is 3.02. The van der Waals surface area contributed by atoms with Gasteiger partial charge < -0.3 is 24.2 Å². The van der Waals surface area contributed by atoms with Gasteiger partial charge in [0.2, 0.25) is 0 Å². The van der Waals surface area contributed by atoms with Crippen LogP contribution in [0.15, 0.2) is 12.2 Å². The minimum absolute atomic E-state index is 0.00153. The van der Waals surface area contributed by atoms with Crippen LogP contribution in [-0.2, 0) is 14.2 Å². The van der Waals surface area contributed by atoms with Gasteiger partial charge in [-0.05, 0) is 97.7 Å². The highest BCUT2D eigenvalue weighted by Crippen LogP contribution is 2.21. The molecular formula is C39H75NO5. The molecule has 1 rings (SSSR count). The molecule has 0 bridgehead atoms. The molecule has 1 saturated heterocycles. The Labute approximate surface area is 279 Å². The van der Waals surface area contributed by atoms with Crippen molar-refractivity contribution < 1.29 is 24.1 Å². The van der Waals surface area contributed by atoms with Gasteiger partial charge in [-0.3, -0.25) is 0 Å². The first-order chi connectivity index (χ1) is 22.0. The first-order valence-corrected chi connectivity index (χ1v) is 19.5. The van der Waals surface area contributed by atoms with E-state index in [9.17, 15) is 9.90 Å². The number of nitrogens with zero attached hydrogens (tertiary/aromatic N) is 1. The molecule has 0 saturated carbocycles. The quantitative estimate of drug-likeness (QED) is 0.0449. The fourth-order valence-electron chi connectivity index (χ4n) is 6.40. The summed E-state index contributed by atoms with van der Waals surface area (Å²) >= 11 is 0. The summed E-state index contributed by atoms with van der Waals surface area (Å²) in [5.41, 5.74) is 0. The van der Waals surface area contributed by atoms with E-state index in [-0.39, 0.29) is 18.5 Å². The molecule has 45 heavy (non-hydrogen) atoms. The van der Waals surface area contributed by atoms with Crippen LogP contribution in [-0.4, -0.2) is 61.9 Å². The number of rotatable bonds is 32. The molecule has 3 unspecified atom stereocenters. The van der Waals surface area contributed by atoms with Crippen molar-refractivity contribution >= 4 is 6.16 Å². The van der Waals surface area contributed by atoms with Crippen molar-refractivity contribution in [2.75, 3.05) is 27.2 Å². The molecule has 0 aromatic carbocycles. The first kappa shape index (κ1) is 41.9. The molecule has 0 aromatic rings. The minimum Gasteiger partial charge on any atom is -0.450 e. The van der Waals surface area contributed by atoms with E-state index < -0.39 is 6.16 Å². The van der Waals surface area contributed by atoms with Gasteiger partial charge >= 0.3 is 6.16 Å². The Morgan fingerprint density at radius 2 is 1.27 bits per heavy atom. The standard InChI is InChI=1S/C39H75NO5/c1-4-5-6-22-29-36(44-38-33-26-28-35-43-38)30-23-18-15-11-12-16-20-25-32-37(45-39(41)42)31-24-19-14-10-8-7-9-13-17-21-27-34-40(2)3/h18,23,36-38H,4-17,19-22,24-35H2,1-3H3,(H,41,42). The molecule has 0 aromatic heterocycles. The second-order valence-corrected chi connectivity index (χ2v) is 13.9. The SMILES string of the molecule is CCCCCCC(CC=CCCCCCCCC(CCCCCCCCCCCCCN(C)C)OC(=O)O)OC1CCCCO1. The Morgan fingerprint density at radius 1 is 0.733 bits per heavy atom. The van der Waals surface area contributed by atoms with E-state index in [2.05, 4.69) is 38.1 Å². The van der Waals surface area contributed by atoms with Gasteiger partial charge in [-0.1, -0.05) is 122 Å². The summed E-state index contributed by atoms with van der Waals surface area (Å²) in [5.74, 6) is 0. The van der Waals surface area contributed by atoms with Crippen molar-refractivity contribution in [3.05, 3.63) is 12.2 Å². The largest absolute Gasteiger partial charge is 0.506 e. The normalized spacial score (nSPS) is 16.8. The van der Waals surface area contributed by atoms with Gasteiger partial charge in [0.1, 0.15) is 6.10 Å². The van der Waals surface area contributed by atoms with Gasteiger partial charge in [0.25, 0.3) is 0 Å². The van der Waals surface area contributed by atoms with Crippen LogP contribution in [0.2, 0.25) is 0 Å². The Kier molecular flexibility index (Phi) is 29.3. The van der Waals surface area contributed by atoms with E-state index in [4.69, 9.17) is 14.2 Å². The summed E-state index contributed by atoms with van der Waals surface area (Å²) < 4.78 is 17.4. The van der Waals surface area contributed by atoms with Gasteiger partial charge in [-0.25, -0.2) is 4.79 Å². The summed E-state index contributed by atoms with van der Waals surface area (Å²) in [4.78, 5) is 13.5. The van der Waals surface area contributed by atoms with Crippen LogP contribution in [0, 0.1) is 0 Å². The van der Waals surface area contributed by atoms with Crippen molar-refractivity contribution in [2.45, 2.75) is 205 Å². The number of hydrogen-bond acceptors (Lipinski definition) is 5. The monoisotopic (exact) mass is 638 g/mol. The van der Waals surface area contributed by atoms with Crippen LogP contribution in [0.4, 0.5) is 4.79 Å². The lowest BCUT2D eigenvalue weighted by Gasteiger charge is -2.27. The van der Waals surface area contributed by atoms with Gasteiger partial charge in [0.05, 0.1) is 6.10 Å². The van der Waals surface area contributed by atoms with Crippen LogP contribution in [0.25, 0.3) is 0 Å². The summed E-state index contributed by atoms with van der Waals surface area (Å²) in [7, 11) is 4.30. The van der Waals surface area contributed by atoms with Crippen LogP contribution in [0.1, 0.15) is 187 Å². The molecule has 0 radical (unpaired) electrons. The molecule has 266 valence electrons. The third-order valence-corrected chi connectivity index (χ3v) is 9.22. The molecule has 6 nitrogen and oxygen atoms in total. The Morgan fingerprint density at radius 3 is 1.80 bits per heavy atom. The number of carbonyl (C=O) groups is 1. The average molecular weight is 638 g/mol. The van der Waals surface area contributed by atoms with Gasteiger partial charge in [0, 0.05) is 6.61 Å². The second-order valence-electron chi connectivity index (χ2n) is 13.9. The highest BCUT2D eigenvalue weighted by molar-refractivity contribution is 5.57. The second kappa shape index (κ2) is 31.5. The van der Waals surface area contributed by atoms with E-state index in [1.807, 2.05) is 0 Å². The highest BCUT2D eigenvalue weighted by Gasteiger charge is 2.19. The van der Waals surface area contributed by atoms with Crippen LogP contribution in [0.5, 0.6) is 0 Å². The zero-order valence-corrected chi connectivity index (χ0v) is 30.1. The smallest absolute Gasteiger partial charge is 0.450 e. The maximum atomic E-state index is 11.2. The van der Waals surface area contributed by atoms with E-state index in [1.165, 1.54) is 122 Å². The Bertz CT molecular complexity index is 664. The molecule has 1 aliphatic heterocycles. The summed E-state index contributed by atoms with van der Waals surface area (Å²) in [6.45, 7) is 4.32. The molecule has 1 heterocycles. The molecule has 1 N–H and O–H groups in total. The van der Waals surface area contributed by atoms with E-state index in [1.54, 1.807) is 0 Å². The van der Waals surface area contributed by atoms with Gasteiger partial charge in [-0.2, -0.15) is 0 Å². The van der Waals surface area contributed by atoms with Crippen LogP contribution in [0.3, 0.4) is 0 Å². The van der Waals surface area contributed by atoms with Crippen molar-refractivity contribution in [3.8, 4) is 0 Å². The maximum Gasteiger partial charge on any atom is 0.506 e. The van der Waals surface area contributed by atoms with Crippen LogP contribution < -0.4 is 0 Å². The van der Waals surface area contributed by atoms with Crippen molar-refractivity contribution in [1.82, 2.24) is 4.90 Å². The van der Waals surface area contributed by atoms with Crippen molar-refractivity contribution in [3.63, 3.8) is 0 Å². The summed E-state index contributed by atoms with van der Waals surface area (Å²) in [5, 5.41) is 9.18. The van der Waals surface area contributed by atoms with E-state index >= 15 is 0 Å². The molecule has 6 heteroatoms. The molecule has 0 amide bonds. The fraction of sp³-hybridized carbons (Fsp3) is 0.923. The predicted molar refractivity (Wildman–Crippen MR) is 190 cm³/mol. The third-order valence-electron chi connectivity index (χ3n) is 9.22. The Balaban J connectivity index is 2.05. The van der Waals surface area contributed by atoms with E-state index in [0.29, 0.717) is 0 Å². The van der Waals surface area contributed by atoms with Gasteiger partial charge in [0.15, 0.2) is 6.29 Å². The molecule has 1 aliphatic rings. The number of carboxylic acid groups (broad SMARTS) is 1. The predicted octanol–water partition coefficient (Wildman–Crippen LogP) is 11.9. The molecule has 3 atom stereocenters.